The first-order chi connectivity index (χ1) is 9.84. The second-order valence-electron chi connectivity index (χ2n) is 4.82. The van der Waals surface area contributed by atoms with Crippen molar-refractivity contribution in [3.63, 3.8) is 0 Å². The maximum Gasteiger partial charge on any atom is 0.240 e. The molecule has 0 spiro atoms. The maximum absolute atomic E-state index is 12.4. The molecule has 0 radical (unpaired) electrons. The molecular formula is C14H24N2O3S2. The molecule has 0 amide bonds. The summed E-state index contributed by atoms with van der Waals surface area (Å²) >= 11 is 1.69. The van der Waals surface area contributed by atoms with Crippen LogP contribution < -0.4 is 15.2 Å². The van der Waals surface area contributed by atoms with E-state index >= 15 is 0 Å². The summed E-state index contributed by atoms with van der Waals surface area (Å²) in [5.74, 6) is 0.361. The molecule has 1 aromatic carbocycles. The first-order valence-electron chi connectivity index (χ1n) is 6.82. The minimum atomic E-state index is -3.57. The highest BCUT2D eigenvalue weighted by molar-refractivity contribution is 8.00. The molecule has 0 bridgehead atoms. The van der Waals surface area contributed by atoms with Gasteiger partial charge in [0.05, 0.1) is 17.7 Å². The van der Waals surface area contributed by atoms with Crippen LogP contribution in [-0.4, -0.2) is 33.1 Å². The van der Waals surface area contributed by atoms with Crippen LogP contribution in [0.2, 0.25) is 0 Å². The van der Waals surface area contributed by atoms with Crippen molar-refractivity contribution in [3.05, 3.63) is 18.2 Å². The molecule has 0 unspecified atom stereocenters. The summed E-state index contributed by atoms with van der Waals surface area (Å²) in [5, 5.41) is 0. The second-order valence-corrected chi connectivity index (χ2v) is 7.86. The summed E-state index contributed by atoms with van der Waals surface area (Å²) in [5.41, 5.74) is 6.12. The Morgan fingerprint density at radius 1 is 1.33 bits per heavy atom. The van der Waals surface area contributed by atoms with Crippen molar-refractivity contribution in [2.24, 2.45) is 0 Å². The van der Waals surface area contributed by atoms with Crippen molar-refractivity contribution in [1.82, 2.24) is 4.72 Å². The van der Waals surface area contributed by atoms with Gasteiger partial charge in [-0.25, -0.2) is 13.1 Å². The molecule has 0 aliphatic rings. The summed E-state index contributed by atoms with van der Waals surface area (Å²) in [6.07, 6.45) is 3.81. The molecule has 0 saturated heterocycles. The molecule has 0 aliphatic carbocycles. The Balaban J connectivity index is 2.97. The van der Waals surface area contributed by atoms with Gasteiger partial charge in [0.25, 0.3) is 0 Å². The monoisotopic (exact) mass is 332 g/mol. The van der Waals surface area contributed by atoms with E-state index in [-0.39, 0.29) is 9.64 Å². The number of benzene rings is 1. The lowest BCUT2D eigenvalue weighted by Gasteiger charge is -2.29. The molecule has 3 N–H and O–H groups in total. The zero-order chi connectivity index (χ0) is 16.1. The number of hydrogen-bond acceptors (Lipinski definition) is 5. The number of nitrogens with two attached hydrogens (primary N) is 1. The van der Waals surface area contributed by atoms with Crippen molar-refractivity contribution in [1.29, 1.82) is 0 Å². The smallest absolute Gasteiger partial charge is 0.240 e. The third-order valence-corrected chi connectivity index (χ3v) is 6.81. The Labute approximate surface area is 131 Å². The molecule has 0 heterocycles. The largest absolute Gasteiger partial charge is 0.495 e. The number of nitrogens with one attached hydrogen (secondary N) is 1. The molecule has 0 aromatic heterocycles. The minimum absolute atomic E-state index is 0.0784. The Morgan fingerprint density at radius 3 is 2.43 bits per heavy atom. The van der Waals surface area contributed by atoms with E-state index in [0.717, 1.165) is 12.8 Å². The van der Waals surface area contributed by atoms with Crippen LogP contribution >= 0.6 is 11.8 Å². The summed E-state index contributed by atoms with van der Waals surface area (Å²) < 4.78 is 32.5. The lowest BCUT2D eigenvalue weighted by molar-refractivity contribution is 0.415. The number of ether oxygens (including phenoxy) is 1. The van der Waals surface area contributed by atoms with Gasteiger partial charge in [-0.2, -0.15) is 11.8 Å². The normalized spacial score (nSPS) is 12.4. The van der Waals surface area contributed by atoms with Crippen LogP contribution in [0, 0.1) is 0 Å². The van der Waals surface area contributed by atoms with E-state index in [9.17, 15) is 8.42 Å². The van der Waals surface area contributed by atoms with Crippen LogP contribution in [0.15, 0.2) is 23.1 Å². The number of nitrogen functional groups attached to an aromatic ring is 1. The summed E-state index contributed by atoms with van der Waals surface area (Å²) in [6.45, 7) is 4.54. The minimum Gasteiger partial charge on any atom is -0.495 e. The van der Waals surface area contributed by atoms with Crippen molar-refractivity contribution < 1.29 is 13.2 Å². The van der Waals surface area contributed by atoms with Crippen molar-refractivity contribution >= 4 is 27.5 Å². The predicted octanol–water partition coefficient (Wildman–Crippen LogP) is 2.48. The van der Waals surface area contributed by atoms with Gasteiger partial charge in [-0.3, -0.25) is 0 Å². The molecule has 0 fully saturated rings. The lowest BCUT2D eigenvalue weighted by atomic mass is 10.0. The molecule has 0 saturated carbocycles. The number of anilines is 1. The Bertz CT molecular complexity index is 561. The molecule has 120 valence electrons. The van der Waals surface area contributed by atoms with E-state index in [0.29, 0.717) is 18.0 Å². The van der Waals surface area contributed by atoms with E-state index in [2.05, 4.69) is 18.6 Å². The predicted molar refractivity (Wildman–Crippen MR) is 89.4 cm³/mol. The van der Waals surface area contributed by atoms with Gasteiger partial charge in [-0.15, -0.1) is 0 Å². The van der Waals surface area contributed by atoms with Crippen LogP contribution in [-0.2, 0) is 10.0 Å². The van der Waals surface area contributed by atoms with Gasteiger partial charge >= 0.3 is 0 Å². The van der Waals surface area contributed by atoms with Gasteiger partial charge in [0.1, 0.15) is 5.75 Å². The SMILES string of the molecule is CCC(CC)(CNS(=O)(=O)c1ccc(N)c(OC)c1)SC. The van der Waals surface area contributed by atoms with Crippen molar-refractivity contribution in [3.8, 4) is 5.75 Å². The number of hydrogen-bond donors (Lipinski definition) is 2. The van der Waals surface area contributed by atoms with Gasteiger partial charge in [-0.1, -0.05) is 13.8 Å². The van der Waals surface area contributed by atoms with Crippen LogP contribution in [0.4, 0.5) is 5.69 Å². The van der Waals surface area contributed by atoms with Gasteiger partial charge in [-0.05, 0) is 31.2 Å². The summed E-state index contributed by atoms with van der Waals surface area (Å²) in [6, 6.07) is 4.46. The first-order valence-corrected chi connectivity index (χ1v) is 9.53. The topological polar surface area (TPSA) is 81.4 Å². The van der Waals surface area contributed by atoms with Crippen LogP contribution in [0.3, 0.4) is 0 Å². The zero-order valence-electron chi connectivity index (χ0n) is 13.0. The summed E-state index contributed by atoms with van der Waals surface area (Å²) in [4.78, 5) is 0.163. The molecule has 21 heavy (non-hydrogen) atoms. The average molecular weight is 332 g/mol. The first kappa shape index (κ1) is 18.1. The maximum atomic E-state index is 12.4. The number of sulfonamides is 1. The standard InChI is InChI=1S/C14H24N2O3S2/c1-5-14(6-2,20-4)10-16-21(17,18)11-7-8-12(15)13(9-11)19-3/h7-9,16H,5-6,10,15H2,1-4H3. The van der Waals surface area contributed by atoms with E-state index in [1.54, 1.807) is 11.8 Å². The fourth-order valence-corrected chi connectivity index (χ4v) is 4.06. The van der Waals surface area contributed by atoms with Gasteiger partial charge in [0, 0.05) is 17.4 Å². The number of methoxy groups -OCH3 is 1. The van der Waals surface area contributed by atoms with E-state index in [4.69, 9.17) is 10.5 Å². The molecule has 0 atom stereocenters. The van der Waals surface area contributed by atoms with E-state index in [1.165, 1.54) is 25.3 Å². The highest BCUT2D eigenvalue weighted by atomic mass is 32.2. The van der Waals surface area contributed by atoms with Gasteiger partial charge in [0.15, 0.2) is 0 Å². The Morgan fingerprint density at radius 2 is 1.95 bits per heavy atom. The Hall–Kier alpha value is -0.920. The van der Waals surface area contributed by atoms with Crippen LogP contribution in [0.5, 0.6) is 5.75 Å². The zero-order valence-corrected chi connectivity index (χ0v) is 14.6. The molecule has 7 heteroatoms. The third kappa shape index (κ3) is 4.28. The van der Waals surface area contributed by atoms with Crippen LogP contribution in [0.25, 0.3) is 0 Å². The quantitative estimate of drug-likeness (QED) is 0.715. The molecular weight excluding hydrogens is 308 g/mol. The van der Waals surface area contributed by atoms with Gasteiger partial charge in [0.2, 0.25) is 10.0 Å². The molecule has 0 aliphatic heterocycles. The molecule has 1 aromatic rings. The number of rotatable bonds is 8. The number of thioether (sulfide) groups is 1. The highest BCUT2D eigenvalue weighted by Crippen LogP contribution is 2.30. The van der Waals surface area contributed by atoms with E-state index in [1.807, 2.05) is 6.26 Å². The van der Waals surface area contributed by atoms with Crippen molar-refractivity contribution in [2.45, 2.75) is 36.3 Å². The fourth-order valence-electron chi connectivity index (χ4n) is 2.03. The summed E-state index contributed by atoms with van der Waals surface area (Å²) in [7, 11) is -2.11. The van der Waals surface area contributed by atoms with Gasteiger partial charge < -0.3 is 10.5 Å². The van der Waals surface area contributed by atoms with Crippen LogP contribution in [0.1, 0.15) is 26.7 Å². The third-order valence-electron chi connectivity index (χ3n) is 3.82. The molecule has 1 rings (SSSR count). The lowest BCUT2D eigenvalue weighted by Crippen LogP contribution is -2.39. The molecule has 5 nitrogen and oxygen atoms in total. The van der Waals surface area contributed by atoms with E-state index < -0.39 is 10.0 Å². The Kier molecular flexibility index (Phi) is 6.37. The fraction of sp³-hybridized carbons (Fsp3) is 0.571. The second kappa shape index (κ2) is 7.38. The van der Waals surface area contributed by atoms with Crippen molar-refractivity contribution in [2.75, 3.05) is 25.6 Å². The average Bonchev–Trinajstić information content (AvgIpc) is 2.49. The highest BCUT2D eigenvalue weighted by Gasteiger charge is 2.27.